The van der Waals surface area contributed by atoms with Crippen LogP contribution >= 0.6 is 0 Å². The summed E-state index contributed by atoms with van der Waals surface area (Å²) in [4.78, 5) is 24.5. The van der Waals surface area contributed by atoms with Gasteiger partial charge in [-0.15, -0.1) is 0 Å². The van der Waals surface area contributed by atoms with E-state index in [-0.39, 0.29) is 11.8 Å². The molecule has 1 heterocycles. The summed E-state index contributed by atoms with van der Waals surface area (Å²) < 4.78 is 0. The van der Waals surface area contributed by atoms with E-state index in [0.717, 1.165) is 31.2 Å². The number of hydrogen-bond donors (Lipinski definition) is 2. The normalized spacial score (nSPS) is 20.1. The number of carbonyl (C=O) groups excluding carboxylic acids is 1. The van der Waals surface area contributed by atoms with E-state index >= 15 is 0 Å². The molecular formula is C18H24N2O3. The molecule has 1 aromatic carbocycles. The van der Waals surface area contributed by atoms with Gasteiger partial charge in [-0.05, 0) is 49.7 Å². The van der Waals surface area contributed by atoms with Crippen LogP contribution in [0.4, 0.5) is 4.79 Å². The maximum absolute atomic E-state index is 12.1. The molecule has 23 heavy (non-hydrogen) atoms. The van der Waals surface area contributed by atoms with Crippen LogP contribution in [0.3, 0.4) is 0 Å². The van der Waals surface area contributed by atoms with Crippen molar-refractivity contribution >= 4 is 12.0 Å². The van der Waals surface area contributed by atoms with Crippen LogP contribution in [0.15, 0.2) is 24.3 Å². The van der Waals surface area contributed by atoms with Gasteiger partial charge in [0.25, 0.3) is 0 Å². The molecule has 0 radical (unpaired) electrons. The Bertz CT molecular complexity index is 572. The van der Waals surface area contributed by atoms with Gasteiger partial charge in [-0.2, -0.15) is 0 Å². The monoisotopic (exact) mass is 316 g/mol. The van der Waals surface area contributed by atoms with Gasteiger partial charge in [0.1, 0.15) is 0 Å². The summed E-state index contributed by atoms with van der Waals surface area (Å²) in [5.74, 6) is 0.392. The Morgan fingerprint density at radius 1 is 1.13 bits per heavy atom. The van der Waals surface area contributed by atoms with E-state index < -0.39 is 6.09 Å². The lowest BCUT2D eigenvalue weighted by Gasteiger charge is -2.30. The molecule has 1 saturated carbocycles. The van der Waals surface area contributed by atoms with Gasteiger partial charge in [0.2, 0.25) is 5.91 Å². The summed E-state index contributed by atoms with van der Waals surface area (Å²) in [6.07, 6.45) is 3.11. The number of benzene rings is 1. The first kappa shape index (κ1) is 15.8. The van der Waals surface area contributed by atoms with E-state index in [2.05, 4.69) is 17.4 Å². The molecule has 2 aliphatic rings. The second-order valence-electron chi connectivity index (χ2n) is 6.72. The lowest BCUT2D eigenvalue weighted by molar-refractivity contribution is -0.122. The second-order valence-corrected chi connectivity index (χ2v) is 6.72. The number of piperidine rings is 1. The molecular weight excluding hydrogens is 292 g/mol. The molecule has 5 heteroatoms. The van der Waals surface area contributed by atoms with Crippen LogP contribution in [-0.2, 0) is 4.79 Å². The van der Waals surface area contributed by atoms with Crippen LogP contribution < -0.4 is 5.32 Å². The number of hydrogen-bond acceptors (Lipinski definition) is 2. The van der Waals surface area contributed by atoms with Crippen molar-refractivity contribution in [3.63, 3.8) is 0 Å². The first-order valence-electron chi connectivity index (χ1n) is 8.42. The molecule has 1 unspecified atom stereocenters. The van der Waals surface area contributed by atoms with Crippen molar-refractivity contribution in [3.05, 3.63) is 35.4 Å². The minimum atomic E-state index is -0.825. The van der Waals surface area contributed by atoms with E-state index in [0.29, 0.717) is 25.0 Å². The number of likely N-dealkylation sites (tertiary alicyclic amines) is 1. The van der Waals surface area contributed by atoms with Gasteiger partial charge in [0.05, 0.1) is 5.92 Å². The maximum atomic E-state index is 12.1. The summed E-state index contributed by atoms with van der Waals surface area (Å²) in [7, 11) is 0. The van der Waals surface area contributed by atoms with Crippen LogP contribution in [0.2, 0.25) is 0 Å². The zero-order chi connectivity index (χ0) is 16.4. The highest BCUT2D eigenvalue weighted by molar-refractivity contribution is 5.83. The molecule has 2 N–H and O–H groups in total. The van der Waals surface area contributed by atoms with E-state index in [9.17, 15) is 9.59 Å². The van der Waals surface area contributed by atoms with Gasteiger partial charge in [0, 0.05) is 19.1 Å². The van der Waals surface area contributed by atoms with E-state index in [4.69, 9.17) is 5.11 Å². The molecule has 3 rings (SSSR count). The van der Waals surface area contributed by atoms with E-state index in [1.165, 1.54) is 10.5 Å². The fourth-order valence-corrected chi connectivity index (χ4v) is 3.17. The number of nitrogens with zero attached hydrogens (tertiary/aromatic N) is 1. The van der Waals surface area contributed by atoms with Crippen molar-refractivity contribution < 1.29 is 14.7 Å². The molecule has 124 valence electrons. The number of amides is 2. The average Bonchev–Trinajstić information content (AvgIpc) is 3.38. The number of carboxylic acid groups (broad SMARTS) is 1. The quantitative estimate of drug-likeness (QED) is 0.897. The van der Waals surface area contributed by atoms with Crippen molar-refractivity contribution in [1.29, 1.82) is 0 Å². The Balaban J connectivity index is 1.58. The first-order valence-corrected chi connectivity index (χ1v) is 8.42. The van der Waals surface area contributed by atoms with Crippen LogP contribution in [-0.4, -0.2) is 41.1 Å². The lowest BCUT2D eigenvalue weighted by Crippen LogP contribution is -2.36. The van der Waals surface area contributed by atoms with Gasteiger partial charge in [-0.3, -0.25) is 4.79 Å². The molecule has 1 aliphatic carbocycles. The largest absolute Gasteiger partial charge is 0.465 e. The van der Waals surface area contributed by atoms with Crippen LogP contribution in [0.1, 0.15) is 55.6 Å². The Morgan fingerprint density at radius 3 is 2.26 bits per heavy atom. The summed E-state index contributed by atoms with van der Waals surface area (Å²) in [5.41, 5.74) is 2.28. The molecule has 1 aromatic rings. The van der Waals surface area contributed by atoms with Gasteiger partial charge in [0.15, 0.2) is 0 Å². The summed E-state index contributed by atoms with van der Waals surface area (Å²) >= 11 is 0. The summed E-state index contributed by atoms with van der Waals surface area (Å²) in [6, 6.07) is 8.66. The molecule has 1 aliphatic heterocycles. The van der Waals surface area contributed by atoms with Crippen LogP contribution in [0.25, 0.3) is 0 Å². The average molecular weight is 316 g/mol. The number of rotatable bonds is 4. The third kappa shape index (κ3) is 3.84. The Morgan fingerprint density at radius 2 is 1.74 bits per heavy atom. The third-order valence-corrected chi connectivity index (χ3v) is 4.99. The molecule has 2 fully saturated rings. The van der Waals surface area contributed by atoms with Crippen molar-refractivity contribution in [2.75, 3.05) is 13.1 Å². The number of nitrogens with one attached hydrogen (secondary N) is 1. The lowest BCUT2D eigenvalue weighted by atomic mass is 9.88. The summed E-state index contributed by atoms with van der Waals surface area (Å²) in [6.45, 7) is 3.14. The van der Waals surface area contributed by atoms with Gasteiger partial charge in [-0.25, -0.2) is 4.79 Å². The Labute approximate surface area is 136 Å². The zero-order valence-corrected chi connectivity index (χ0v) is 13.5. The summed E-state index contributed by atoms with van der Waals surface area (Å²) in [5, 5.41) is 12.0. The highest BCUT2D eigenvalue weighted by atomic mass is 16.4. The van der Waals surface area contributed by atoms with E-state index in [1.807, 2.05) is 19.1 Å². The zero-order valence-electron chi connectivity index (χ0n) is 13.5. The third-order valence-electron chi connectivity index (χ3n) is 4.99. The van der Waals surface area contributed by atoms with Crippen molar-refractivity contribution in [2.24, 2.45) is 0 Å². The highest BCUT2D eigenvalue weighted by Crippen LogP contribution is 2.29. The molecule has 1 atom stereocenters. The van der Waals surface area contributed by atoms with Gasteiger partial charge < -0.3 is 15.3 Å². The standard InChI is InChI=1S/C18H24N2O3/c1-12(17(21)19-16-6-7-16)13-2-4-14(5-3-13)15-8-10-20(11-9-15)18(22)23/h2-5,12,15-16H,6-11H2,1H3,(H,19,21)(H,22,23). The molecule has 5 nitrogen and oxygen atoms in total. The maximum Gasteiger partial charge on any atom is 0.407 e. The minimum absolute atomic E-state index is 0.106. The molecule has 0 spiro atoms. The van der Waals surface area contributed by atoms with Crippen molar-refractivity contribution in [3.8, 4) is 0 Å². The van der Waals surface area contributed by atoms with Gasteiger partial charge in [-0.1, -0.05) is 24.3 Å². The predicted octanol–water partition coefficient (Wildman–Crippen LogP) is 2.93. The van der Waals surface area contributed by atoms with E-state index in [1.54, 1.807) is 0 Å². The topological polar surface area (TPSA) is 69.6 Å². The van der Waals surface area contributed by atoms with Crippen LogP contribution in [0.5, 0.6) is 0 Å². The predicted molar refractivity (Wildman–Crippen MR) is 87.6 cm³/mol. The molecule has 2 amide bonds. The van der Waals surface area contributed by atoms with Crippen LogP contribution in [0, 0.1) is 0 Å². The van der Waals surface area contributed by atoms with Crippen molar-refractivity contribution in [1.82, 2.24) is 10.2 Å². The Kier molecular flexibility index (Phi) is 4.55. The highest BCUT2D eigenvalue weighted by Gasteiger charge is 2.27. The van der Waals surface area contributed by atoms with Gasteiger partial charge >= 0.3 is 6.09 Å². The number of carbonyl (C=O) groups is 2. The fourth-order valence-electron chi connectivity index (χ4n) is 3.17. The smallest absolute Gasteiger partial charge is 0.407 e. The molecule has 0 aromatic heterocycles. The molecule has 0 bridgehead atoms. The minimum Gasteiger partial charge on any atom is -0.465 e. The SMILES string of the molecule is CC(C(=O)NC1CC1)c1ccc(C2CCN(C(=O)O)CC2)cc1. The molecule has 1 saturated heterocycles. The second kappa shape index (κ2) is 6.60. The fraction of sp³-hybridized carbons (Fsp3) is 0.556. The van der Waals surface area contributed by atoms with Crippen molar-refractivity contribution in [2.45, 2.75) is 50.5 Å². The first-order chi connectivity index (χ1) is 11.0. The Hall–Kier alpha value is -2.04.